The lowest BCUT2D eigenvalue weighted by Gasteiger charge is -2.27. The molecule has 3 aromatic carbocycles. The van der Waals surface area contributed by atoms with Gasteiger partial charge in [0.25, 0.3) is 0 Å². The number of rotatable bonds is 10. The van der Waals surface area contributed by atoms with Gasteiger partial charge in [0.1, 0.15) is 0 Å². The largest absolute Gasteiger partial charge is 0.494 e. The van der Waals surface area contributed by atoms with E-state index in [-0.39, 0.29) is 11.4 Å². The summed E-state index contributed by atoms with van der Waals surface area (Å²) in [7, 11) is 0. The molecule has 0 unspecified atom stereocenters. The zero-order valence-corrected chi connectivity index (χ0v) is 21.5. The highest BCUT2D eigenvalue weighted by molar-refractivity contribution is 6.22. The van der Waals surface area contributed by atoms with Crippen LogP contribution in [0.2, 0.25) is 0 Å². The van der Waals surface area contributed by atoms with Crippen LogP contribution in [0.1, 0.15) is 57.2 Å². The number of nitrogens with one attached hydrogen (secondary N) is 1. The van der Waals surface area contributed by atoms with E-state index >= 15 is 0 Å². The summed E-state index contributed by atoms with van der Waals surface area (Å²) in [6.45, 7) is 9.09. The molecule has 1 heterocycles. The lowest BCUT2D eigenvalue weighted by Crippen LogP contribution is -2.34. The molecule has 0 saturated heterocycles. The van der Waals surface area contributed by atoms with Gasteiger partial charge in [-0.05, 0) is 50.5 Å². The minimum absolute atomic E-state index is 0.0401. The summed E-state index contributed by atoms with van der Waals surface area (Å²) >= 11 is 0. The number of aromatic hydroxyl groups is 1. The second-order valence-corrected chi connectivity index (χ2v) is 8.80. The van der Waals surface area contributed by atoms with Crippen LogP contribution < -0.4 is 15.2 Å². The predicted octanol–water partition coefficient (Wildman–Crippen LogP) is 6.81. The average Bonchev–Trinajstić information content (AvgIpc) is 3.22. The maximum atomic E-state index is 11.1. The average molecular weight is 486 g/mol. The fourth-order valence-electron chi connectivity index (χ4n) is 4.48. The van der Waals surface area contributed by atoms with E-state index < -0.39 is 0 Å². The van der Waals surface area contributed by atoms with Gasteiger partial charge in [0, 0.05) is 22.6 Å². The summed E-state index contributed by atoms with van der Waals surface area (Å²) in [6.07, 6.45) is 1.72. The van der Waals surface area contributed by atoms with Gasteiger partial charge in [0.05, 0.1) is 35.7 Å². The quantitative estimate of drug-likeness (QED) is 0.215. The Hall–Kier alpha value is -3.77. The molecular formula is C30H35N3O3. The number of hydrogen-bond donors (Lipinski definition) is 3. The van der Waals surface area contributed by atoms with Crippen molar-refractivity contribution in [2.24, 2.45) is 10.7 Å². The fourth-order valence-corrected chi connectivity index (χ4v) is 4.48. The Kier molecular flexibility index (Phi) is 7.65. The Balaban J connectivity index is 1.89. The van der Waals surface area contributed by atoms with Gasteiger partial charge < -0.3 is 25.3 Å². The summed E-state index contributed by atoms with van der Waals surface area (Å²) in [5.41, 5.74) is 11.0. The number of ether oxygens (including phenoxy) is 2. The zero-order valence-electron chi connectivity index (χ0n) is 21.5. The number of fused-ring (bicyclic) bond motifs is 1. The third-order valence-corrected chi connectivity index (χ3v) is 6.67. The molecule has 1 aromatic heterocycles. The summed E-state index contributed by atoms with van der Waals surface area (Å²) in [4.78, 5) is 8.11. The minimum atomic E-state index is -0.354. The van der Waals surface area contributed by atoms with Gasteiger partial charge >= 0.3 is 0 Å². The number of aromatic nitrogens is 1. The van der Waals surface area contributed by atoms with Crippen LogP contribution in [0, 0.1) is 0 Å². The number of nitrogens with zero attached hydrogens (tertiary/aromatic N) is 1. The smallest absolute Gasteiger partial charge is 0.199 e. The van der Waals surface area contributed by atoms with E-state index in [4.69, 9.17) is 20.2 Å². The third kappa shape index (κ3) is 4.95. The number of nitrogens with two attached hydrogens (primary N) is 1. The first-order valence-corrected chi connectivity index (χ1v) is 12.6. The van der Waals surface area contributed by atoms with E-state index in [2.05, 4.69) is 18.8 Å². The molecule has 0 amide bonds. The molecule has 4 N–H and O–H groups in total. The molecule has 0 bridgehead atoms. The van der Waals surface area contributed by atoms with Crippen LogP contribution in [-0.2, 0) is 5.54 Å². The summed E-state index contributed by atoms with van der Waals surface area (Å²) in [6, 6.07) is 21.7. The van der Waals surface area contributed by atoms with Crippen LogP contribution in [0.25, 0.3) is 10.9 Å². The van der Waals surface area contributed by atoms with Crippen LogP contribution in [0.3, 0.4) is 0 Å². The maximum absolute atomic E-state index is 11.1. The molecule has 6 heteroatoms. The number of aliphatic imine (C=N–C) groups is 1. The first-order chi connectivity index (χ1) is 17.4. The fraction of sp³-hybridized carbons (Fsp3) is 0.300. The van der Waals surface area contributed by atoms with E-state index in [1.165, 1.54) is 0 Å². The topological polar surface area (TPSA) is 92.9 Å². The molecule has 4 rings (SSSR count). The summed E-state index contributed by atoms with van der Waals surface area (Å²) < 4.78 is 11.6. The Morgan fingerprint density at radius 3 is 2.08 bits per heavy atom. The normalized spacial score (nSPS) is 12.2. The standard InChI is InChI=1S/C30H35N3O3/c1-5-30(31,6-2)21-14-16-22(17-15-21)32-28(20-12-10-9-11-13-20)27-23-18-25(35-7-3)26(36-8-4)19-24(23)33-29(27)34/h9-19,33-34H,5-8,31H2,1-4H3. The molecular weight excluding hydrogens is 450 g/mol. The van der Waals surface area contributed by atoms with Gasteiger partial charge in [-0.3, -0.25) is 0 Å². The van der Waals surface area contributed by atoms with Crippen LogP contribution >= 0.6 is 0 Å². The zero-order chi connectivity index (χ0) is 25.7. The first-order valence-electron chi connectivity index (χ1n) is 12.6. The molecule has 0 saturated carbocycles. The maximum Gasteiger partial charge on any atom is 0.199 e. The van der Waals surface area contributed by atoms with Gasteiger partial charge in [0.15, 0.2) is 17.4 Å². The van der Waals surface area contributed by atoms with E-state index in [9.17, 15) is 5.11 Å². The van der Waals surface area contributed by atoms with Crippen molar-refractivity contribution in [3.63, 3.8) is 0 Å². The molecule has 0 aliphatic rings. The lowest BCUT2D eigenvalue weighted by atomic mass is 9.86. The van der Waals surface area contributed by atoms with E-state index in [0.29, 0.717) is 36.0 Å². The van der Waals surface area contributed by atoms with Crippen molar-refractivity contribution in [1.82, 2.24) is 4.98 Å². The highest BCUT2D eigenvalue weighted by Crippen LogP contribution is 2.39. The monoisotopic (exact) mass is 485 g/mol. The molecule has 0 aliphatic heterocycles. The van der Waals surface area contributed by atoms with Gasteiger partial charge in [-0.15, -0.1) is 0 Å². The highest BCUT2D eigenvalue weighted by Gasteiger charge is 2.23. The third-order valence-electron chi connectivity index (χ3n) is 6.67. The van der Waals surface area contributed by atoms with Crippen LogP contribution in [0.5, 0.6) is 17.4 Å². The van der Waals surface area contributed by atoms with Crippen molar-refractivity contribution in [2.75, 3.05) is 13.2 Å². The Labute approximate surface area is 212 Å². The van der Waals surface area contributed by atoms with Crippen molar-refractivity contribution in [1.29, 1.82) is 0 Å². The van der Waals surface area contributed by atoms with Gasteiger partial charge in [-0.2, -0.15) is 0 Å². The van der Waals surface area contributed by atoms with Crippen molar-refractivity contribution >= 4 is 22.3 Å². The Morgan fingerprint density at radius 2 is 1.50 bits per heavy atom. The molecule has 188 valence electrons. The van der Waals surface area contributed by atoms with Crippen LogP contribution in [0.15, 0.2) is 71.7 Å². The Bertz CT molecular complexity index is 1340. The number of H-pyrrole nitrogens is 1. The van der Waals surface area contributed by atoms with Crippen LogP contribution in [-0.4, -0.2) is 29.0 Å². The van der Waals surface area contributed by atoms with Crippen LogP contribution in [0.4, 0.5) is 5.69 Å². The SMILES string of the molecule is CCOc1cc2[nH]c(O)c(C(=Nc3ccc(C(N)(CC)CC)cc3)c3ccccc3)c2cc1OCC. The minimum Gasteiger partial charge on any atom is -0.494 e. The predicted molar refractivity (Wildman–Crippen MR) is 147 cm³/mol. The molecule has 6 nitrogen and oxygen atoms in total. The number of benzene rings is 3. The summed E-state index contributed by atoms with van der Waals surface area (Å²) in [5.74, 6) is 1.30. The molecule has 0 fully saturated rings. The van der Waals surface area contributed by atoms with Crippen molar-refractivity contribution in [3.05, 3.63) is 83.4 Å². The highest BCUT2D eigenvalue weighted by atomic mass is 16.5. The van der Waals surface area contributed by atoms with Crippen molar-refractivity contribution in [3.8, 4) is 17.4 Å². The lowest BCUT2D eigenvalue weighted by molar-refractivity contribution is 0.288. The van der Waals surface area contributed by atoms with Crippen molar-refractivity contribution in [2.45, 2.75) is 46.1 Å². The number of aromatic amines is 1. The van der Waals surface area contributed by atoms with Gasteiger partial charge in [-0.25, -0.2) is 4.99 Å². The molecule has 36 heavy (non-hydrogen) atoms. The molecule has 0 spiro atoms. The first kappa shape index (κ1) is 25.3. The van der Waals surface area contributed by atoms with Crippen molar-refractivity contribution < 1.29 is 14.6 Å². The molecule has 4 aromatic rings. The van der Waals surface area contributed by atoms with Gasteiger partial charge in [-0.1, -0.05) is 56.3 Å². The van der Waals surface area contributed by atoms with E-state index in [1.807, 2.05) is 80.6 Å². The second kappa shape index (κ2) is 10.9. The van der Waals surface area contributed by atoms with E-state index in [1.54, 1.807) is 0 Å². The number of hydrogen-bond acceptors (Lipinski definition) is 5. The van der Waals surface area contributed by atoms with Gasteiger partial charge in [0.2, 0.25) is 0 Å². The molecule has 0 aliphatic carbocycles. The molecule has 0 atom stereocenters. The second-order valence-electron chi connectivity index (χ2n) is 8.80. The molecule has 0 radical (unpaired) electrons. The van der Waals surface area contributed by atoms with E-state index in [0.717, 1.165) is 40.6 Å². The Morgan fingerprint density at radius 1 is 0.889 bits per heavy atom. The summed E-state index contributed by atoms with van der Waals surface area (Å²) in [5, 5.41) is 11.9.